The minimum Gasteiger partial charge on any atom is -0.377 e. The average Bonchev–Trinajstić information content (AvgIpc) is 2.98. The molecule has 1 aromatic carbocycles. The molecule has 1 unspecified atom stereocenters. The standard InChI is InChI=1S/C17H20N2O3S/c1-12(20)19-8-9-22-10-15(19)17(21)18-7-6-13-11-23-16-5-3-2-4-14(13)16/h2-5,11,15H,6-10H2,1H3,(H,18,21). The Morgan fingerprint density at radius 1 is 1.39 bits per heavy atom. The summed E-state index contributed by atoms with van der Waals surface area (Å²) >= 11 is 1.72. The first-order chi connectivity index (χ1) is 11.2. The van der Waals surface area contributed by atoms with Gasteiger partial charge in [0.2, 0.25) is 11.8 Å². The summed E-state index contributed by atoms with van der Waals surface area (Å²) < 4.78 is 6.60. The van der Waals surface area contributed by atoms with E-state index in [1.165, 1.54) is 22.6 Å². The molecule has 2 aromatic rings. The van der Waals surface area contributed by atoms with Gasteiger partial charge in [-0.15, -0.1) is 11.3 Å². The predicted octanol–water partition coefficient (Wildman–Crippen LogP) is 1.81. The molecule has 0 aliphatic carbocycles. The van der Waals surface area contributed by atoms with Crippen molar-refractivity contribution in [2.24, 2.45) is 0 Å². The van der Waals surface area contributed by atoms with Gasteiger partial charge in [-0.25, -0.2) is 0 Å². The second-order valence-corrected chi connectivity index (χ2v) is 6.51. The number of carbonyl (C=O) groups excluding carboxylic acids is 2. The van der Waals surface area contributed by atoms with Gasteiger partial charge in [-0.1, -0.05) is 18.2 Å². The van der Waals surface area contributed by atoms with Crippen molar-refractivity contribution < 1.29 is 14.3 Å². The van der Waals surface area contributed by atoms with Crippen molar-refractivity contribution in [3.8, 4) is 0 Å². The van der Waals surface area contributed by atoms with Crippen molar-refractivity contribution in [2.45, 2.75) is 19.4 Å². The molecule has 5 nitrogen and oxygen atoms in total. The number of morpholine rings is 1. The normalized spacial score (nSPS) is 18.1. The minimum absolute atomic E-state index is 0.0859. The Kier molecular flexibility index (Phi) is 4.93. The van der Waals surface area contributed by atoms with Gasteiger partial charge in [0.05, 0.1) is 13.2 Å². The maximum absolute atomic E-state index is 12.3. The Hall–Kier alpha value is -1.92. The van der Waals surface area contributed by atoms with Crippen LogP contribution in [-0.4, -0.2) is 49.1 Å². The Morgan fingerprint density at radius 2 is 2.22 bits per heavy atom. The van der Waals surface area contributed by atoms with E-state index >= 15 is 0 Å². The molecule has 1 fully saturated rings. The van der Waals surface area contributed by atoms with Gasteiger partial charge in [0.25, 0.3) is 0 Å². The fraction of sp³-hybridized carbons (Fsp3) is 0.412. The highest BCUT2D eigenvalue weighted by Gasteiger charge is 2.30. The number of ether oxygens (including phenoxy) is 1. The van der Waals surface area contributed by atoms with Crippen LogP contribution in [0.1, 0.15) is 12.5 Å². The van der Waals surface area contributed by atoms with Crippen LogP contribution in [-0.2, 0) is 20.7 Å². The third kappa shape index (κ3) is 3.54. The van der Waals surface area contributed by atoms with Gasteiger partial charge in [-0.2, -0.15) is 0 Å². The average molecular weight is 332 g/mol. The number of nitrogens with one attached hydrogen (secondary N) is 1. The summed E-state index contributed by atoms with van der Waals surface area (Å²) in [5.74, 6) is -0.225. The first kappa shape index (κ1) is 16.0. The molecule has 0 radical (unpaired) electrons. The lowest BCUT2D eigenvalue weighted by atomic mass is 10.1. The van der Waals surface area contributed by atoms with E-state index in [-0.39, 0.29) is 18.4 Å². The van der Waals surface area contributed by atoms with E-state index in [1.54, 1.807) is 16.2 Å². The second-order valence-electron chi connectivity index (χ2n) is 5.60. The fourth-order valence-electron chi connectivity index (χ4n) is 2.86. The van der Waals surface area contributed by atoms with E-state index in [4.69, 9.17) is 4.74 Å². The molecule has 122 valence electrons. The monoisotopic (exact) mass is 332 g/mol. The van der Waals surface area contributed by atoms with Gasteiger partial charge in [0.1, 0.15) is 6.04 Å². The van der Waals surface area contributed by atoms with Gasteiger partial charge in [0, 0.05) is 24.7 Å². The summed E-state index contributed by atoms with van der Waals surface area (Å²) in [7, 11) is 0. The first-order valence-electron chi connectivity index (χ1n) is 7.74. The van der Waals surface area contributed by atoms with Crippen LogP contribution in [0.15, 0.2) is 29.6 Å². The van der Waals surface area contributed by atoms with E-state index in [1.807, 2.05) is 12.1 Å². The molecule has 3 rings (SSSR count). The van der Waals surface area contributed by atoms with Gasteiger partial charge in [-0.05, 0) is 28.8 Å². The summed E-state index contributed by atoms with van der Waals surface area (Å²) in [5.41, 5.74) is 1.24. The van der Waals surface area contributed by atoms with Crippen LogP contribution in [0, 0.1) is 0 Å². The number of fused-ring (bicyclic) bond motifs is 1. The van der Waals surface area contributed by atoms with Crippen molar-refractivity contribution in [3.05, 3.63) is 35.2 Å². The van der Waals surface area contributed by atoms with E-state index in [9.17, 15) is 9.59 Å². The lowest BCUT2D eigenvalue weighted by Gasteiger charge is -2.33. The molecule has 2 amide bonds. The van der Waals surface area contributed by atoms with Crippen molar-refractivity contribution in [2.75, 3.05) is 26.3 Å². The van der Waals surface area contributed by atoms with Crippen LogP contribution in [0.5, 0.6) is 0 Å². The van der Waals surface area contributed by atoms with Gasteiger partial charge < -0.3 is 15.0 Å². The maximum atomic E-state index is 12.3. The lowest BCUT2D eigenvalue weighted by molar-refractivity contribution is -0.146. The molecule has 0 saturated carbocycles. The highest BCUT2D eigenvalue weighted by molar-refractivity contribution is 7.17. The molecular formula is C17H20N2O3S. The molecule has 1 saturated heterocycles. The van der Waals surface area contributed by atoms with Crippen LogP contribution >= 0.6 is 11.3 Å². The number of hydrogen-bond donors (Lipinski definition) is 1. The summed E-state index contributed by atoms with van der Waals surface area (Å²) in [4.78, 5) is 25.5. The molecule has 0 spiro atoms. The first-order valence-corrected chi connectivity index (χ1v) is 8.62. The second kappa shape index (κ2) is 7.10. The summed E-state index contributed by atoms with van der Waals surface area (Å²) in [5, 5.41) is 6.32. The number of benzene rings is 1. The Bertz CT molecular complexity index is 713. The number of thiophene rings is 1. The number of rotatable bonds is 4. The Morgan fingerprint density at radius 3 is 3.04 bits per heavy atom. The maximum Gasteiger partial charge on any atom is 0.245 e. The highest BCUT2D eigenvalue weighted by Crippen LogP contribution is 2.25. The van der Waals surface area contributed by atoms with Crippen molar-refractivity contribution >= 4 is 33.2 Å². The number of hydrogen-bond acceptors (Lipinski definition) is 4. The van der Waals surface area contributed by atoms with Crippen molar-refractivity contribution in [1.29, 1.82) is 0 Å². The third-order valence-corrected chi connectivity index (χ3v) is 5.10. The van der Waals surface area contributed by atoms with Gasteiger partial charge >= 0.3 is 0 Å². The summed E-state index contributed by atoms with van der Waals surface area (Å²) in [6, 6.07) is 7.76. The number of nitrogens with zero attached hydrogens (tertiary/aromatic N) is 1. The van der Waals surface area contributed by atoms with Crippen LogP contribution in [0.3, 0.4) is 0 Å². The Balaban J connectivity index is 1.57. The molecule has 1 aromatic heterocycles. The van der Waals surface area contributed by atoms with Crippen molar-refractivity contribution in [3.63, 3.8) is 0 Å². The van der Waals surface area contributed by atoms with Gasteiger partial charge in [0.15, 0.2) is 0 Å². The van der Waals surface area contributed by atoms with E-state index < -0.39 is 6.04 Å². The quantitative estimate of drug-likeness (QED) is 0.929. The van der Waals surface area contributed by atoms with Crippen LogP contribution in [0.25, 0.3) is 10.1 Å². The zero-order valence-corrected chi connectivity index (χ0v) is 13.9. The molecule has 0 bridgehead atoms. The Labute approximate surface area is 139 Å². The molecule has 6 heteroatoms. The zero-order chi connectivity index (χ0) is 16.2. The van der Waals surface area contributed by atoms with Gasteiger partial charge in [-0.3, -0.25) is 9.59 Å². The van der Waals surface area contributed by atoms with Crippen molar-refractivity contribution in [1.82, 2.24) is 10.2 Å². The lowest BCUT2D eigenvalue weighted by Crippen LogP contribution is -2.55. The third-order valence-electron chi connectivity index (χ3n) is 4.09. The molecule has 1 aliphatic rings. The van der Waals surface area contributed by atoms with E-state index in [2.05, 4.69) is 22.8 Å². The smallest absolute Gasteiger partial charge is 0.245 e. The molecular weight excluding hydrogens is 312 g/mol. The number of carbonyl (C=O) groups is 2. The van der Waals surface area contributed by atoms with E-state index in [0.29, 0.717) is 19.7 Å². The van der Waals surface area contributed by atoms with Crippen LogP contribution < -0.4 is 5.32 Å². The molecule has 23 heavy (non-hydrogen) atoms. The SMILES string of the molecule is CC(=O)N1CCOCC1C(=O)NCCc1csc2ccccc12. The summed E-state index contributed by atoms with van der Waals surface area (Å²) in [6.07, 6.45) is 0.781. The van der Waals surface area contributed by atoms with E-state index in [0.717, 1.165) is 6.42 Å². The van der Waals surface area contributed by atoms with Crippen LogP contribution in [0.4, 0.5) is 0 Å². The fourth-order valence-corrected chi connectivity index (χ4v) is 3.86. The highest BCUT2D eigenvalue weighted by atomic mass is 32.1. The molecule has 1 N–H and O–H groups in total. The topological polar surface area (TPSA) is 58.6 Å². The predicted molar refractivity (Wildman–Crippen MR) is 90.5 cm³/mol. The number of amides is 2. The molecule has 2 heterocycles. The zero-order valence-electron chi connectivity index (χ0n) is 13.1. The molecule has 1 atom stereocenters. The largest absolute Gasteiger partial charge is 0.377 e. The minimum atomic E-state index is -0.513. The molecule has 1 aliphatic heterocycles. The van der Waals surface area contributed by atoms with Crippen LogP contribution in [0.2, 0.25) is 0 Å². The summed E-state index contributed by atoms with van der Waals surface area (Å²) in [6.45, 7) is 3.28.